The predicted octanol–water partition coefficient (Wildman–Crippen LogP) is 2.17. The molecule has 1 aliphatic heterocycles. The van der Waals surface area contributed by atoms with E-state index in [9.17, 15) is 9.59 Å². The fourth-order valence-electron chi connectivity index (χ4n) is 1.84. The summed E-state index contributed by atoms with van der Waals surface area (Å²) in [5.41, 5.74) is 0.882. The minimum Gasteiger partial charge on any atom is -0.480 e. The summed E-state index contributed by atoms with van der Waals surface area (Å²) in [6.45, 7) is 0.160. The van der Waals surface area contributed by atoms with Gasteiger partial charge in [0, 0.05) is 0 Å². The quantitative estimate of drug-likeness (QED) is 0.919. The van der Waals surface area contributed by atoms with Crippen molar-refractivity contribution in [2.24, 2.45) is 0 Å². The van der Waals surface area contributed by atoms with E-state index < -0.39 is 18.1 Å². The van der Waals surface area contributed by atoms with E-state index in [4.69, 9.17) is 9.84 Å². The zero-order chi connectivity index (χ0) is 13.7. The lowest BCUT2D eigenvalue weighted by Gasteiger charge is -2.31. The van der Waals surface area contributed by atoms with Crippen LogP contribution in [0.4, 0.5) is 4.79 Å². The van der Waals surface area contributed by atoms with Gasteiger partial charge in [0.1, 0.15) is 12.6 Å². The molecule has 1 N–H and O–H groups in total. The van der Waals surface area contributed by atoms with Crippen LogP contribution in [0.25, 0.3) is 0 Å². The Balaban J connectivity index is 1.93. The van der Waals surface area contributed by atoms with E-state index in [-0.39, 0.29) is 6.61 Å². The van der Waals surface area contributed by atoms with Crippen LogP contribution in [0.1, 0.15) is 12.0 Å². The number of amides is 1. The molecule has 1 fully saturated rings. The molecule has 2 rings (SSSR count). The number of rotatable bonds is 3. The van der Waals surface area contributed by atoms with Crippen molar-refractivity contribution in [2.45, 2.75) is 19.1 Å². The molecule has 1 atom stereocenters. The maximum absolute atomic E-state index is 11.9. The second-order valence-corrected chi connectivity index (χ2v) is 5.26. The monoisotopic (exact) mass is 281 g/mol. The van der Waals surface area contributed by atoms with Crippen molar-refractivity contribution in [1.82, 2.24) is 4.90 Å². The van der Waals surface area contributed by atoms with E-state index in [0.717, 1.165) is 11.3 Å². The third-order valence-corrected chi connectivity index (χ3v) is 3.85. The van der Waals surface area contributed by atoms with E-state index >= 15 is 0 Å². The fourth-order valence-corrected chi connectivity index (χ4v) is 2.84. The van der Waals surface area contributed by atoms with Crippen molar-refractivity contribution in [2.75, 3.05) is 11.6 Å². The van der Waals surface area contributed by atoms with Gasteiger partial charge in [0.15, 0.2) is 0 Å². The number of carbonyl (C=O) groups is 2. The van der Waals surface area contributed by atoms with Gasteiger partial charge in [0.2, 0.25) is 0 Å². The van der Waals surface area contributed by atoms with Crippen LogP contribution < -0.4 is 0 Å². The van der Waals surface area contributed by atoms with Gasteiger partial charge in [-0.25, -0.2) is 9.59 Å². The zero-order valence-electron chi connectivity index (χ0n) is 10.3. The third kappa shape index (κ3) is 3.64. The van der Waals surface area contributed by atoms with Gasteiger partial charge >= 0.3 is 12.1 Å². The molecule has 6 heteroatoms. The number of benzene rings is 1. The highest BCUT2D eigenvalue weighted by Gasteiger charge is 2.33. The maximum Gasteiger partial charge on any atom is 0.411 e. The number of carboxylic acid groups (broad SMARTS) is 1. The molecule has 0 radical (unpaired) electrons. The van der Waals surface area contributed by atoms with Crippen LogP contribution in [0.15, 0.2) is 30.3 Å². The first-order chi connectivity index (χ1) is 9.18. The molecule has 1 aliphatic rings. The second-order valence-electron chi connectivity index (χ2n) is 4.19. The molecule has 0 bridgehead atoms. The van der Waals surface area contributed by atoms with Crippen LogP contribution in [0.3, 0.4) is 0 Å². The van der Waals surface area contributed by atoms with E-state index in [0.29, 0.717) is 12.3 Å². The first-order valence-corrected chi connectivity index (χ1v) is 7.12. The highest BCUT2D eigenvalue weighted by molar-refractivity contribution is 7.99. The van der Waals surface area contributed by atoms with Gasteiger partial charge < -0.3 is 9.84 Å². The molecule has 0 aromatic heterocycles. The molecular formula is C13H15NO4S. The number of thioether (sulfide) groups is 1. The Morgan fingerprint density at radius 1 is 1.37 bits per heavy atom. The van der Waals surface area contributed by atoms with Crippen molar-refractivity contribution >= 4 is 23.8 Å². The third-order valence-electron chi connectivity index (χ3n) is 2.87. The van der Waals surface area contributed by atoms with Crippen LogP contribution in [0.2, 0.25) is 0 Å². The smallest absolute Gasteiger partial charge is 0.411 e. The largest absolute Gasteiger partial charge is 0.480 e. The first-order valence-electron chi connectivity index (χ1n) is 5.96. The summed E-state index contributed by atoms with van der Waals surface area (Å²) < 4.78 is 5.16. The van der Waals surface area contributed by atoms with Crippen molar-refractivity contribution < 1.29 is 19.4 Å². The number of carboxylic acids is 1. The lowest BCUT2D eigenvalue weighted by atomic mass is 10.2. The average Bonchev–Trinajstić information content (AvgIpc) is 2.46. The summed E-state index contributed by atoms with van der Waals surface area (Å²) in [7, 11) is 0. The number of hydrogen-bond donors (Lipinski definition) is 1. The lowest BCUT2D eigenvalue weighted by Crippen LogP contribution is -2.47. The molecular weight excluding hydrogens is 266 g/mol. The van der Waals surface area contributed by atoms with Crippen LogP contribution >= 0.6 is 11.8 Å². The van der Waals surface area contributed by atoms with E-state index in [1.807, 2.05) is 30.3 Å². The summed E-state index contributed by atoms with van der Waals surface area (Å²) >= 11 is 1.54. The summed E-state index contributed by atoms with van der Waals surface area (Å²) in [4.78, 5) is 24.3. The molecule has 1 amide bonds. The zero-order valence-corrected chi connectivity index (χ0v) is 11.1. The average molecular weight is 281 g/mol. The Bertz CT molecular complexity index is 451. The number of aliphatic carboxylic acids is 1. The Morgan fingerprint density at radius 2 is 2.11 bits per heavy atom. The Labute approximate surface area is 115 Å². The highest BCUT2D eigenvalue weighted by Crippen LogP contribution is 2.21. The molecule has 102 valence electrons. The molecule has 5 nitrogen and oxygen atoms in total. The van der Waals surface area contributed by atoms with Gasteiger partial charge in [-0.2, -0.15) is 0 Å². The molecule has 0 aliphatic carbocycles. The summed E-state index contributed by atoms with van der Waals surface area (Å²) in [5, 5.41) is 9.08. The SMILES string of the molecule is O=C(O)C1CCSCN1C(=O)OCc1ccccc1. The fraction of sp³-hybridized carbons (Fsp3) is 0.385. The van der Waals surface area contributed by atoms with Crippen LogP contribution in [-0.4, -0.2) is 39.7 Å². The topological polar surface area (TPSA) is 66.8 Å². The predicted molar refractivity (Wildman–Crippen MR) is 71.8 cm³/mol. The summed E-state index contributed by atoms with van der Waals surface area (Å²) in [6, 6.07) is 8.54. The van der Waals surface area contributed by atoms with Gasteiger partial charge in [-0.05, 0) is 17.7 Å². The van der Waals surface area contributed by atoms with Gasteiger partial charge in [0.05, 0.1) is 5.88 Å². The highest BCUT2D eigenvalue weighted by atomic mass is 32.2. The van der Waals surface area contributed by atoms with Crippen LogP contribution in [-0.2, 0) is 16.1 Å². The van der Waals surface area contributed by atoms with Gasteiger partial charge in [-0.1, -0.05) is 30.3 Å². The van der Waals surface area contributed by atoms with E-state index in [1.165, 1.54) is 16.7 Å². The van der Waals surface area contributed by atoms with Crippen LogP contribution in [0.5, 0.6) is 0 Å². The molecule has 19 heavy (non-hydrogen) atoms. The van der Waals surface area contributed by atoms with Crippen molar-refractivity contribution in [1.29, 1.82) is 0 Å². The molecule has 1 aromatic rings. The van der Waals surface area contributed by atoms with E-state index in [2.05, 4.69) is 0 Å². The van der Waals surface area contributed by atoms with Crippen LogP contribution in [0, 0.1) is 0 Å². The molecule has 0 saturated carbocycles. The standard InChI is InChI=1S/C13H15NO4S/c15-12(16)11-6-7-19-9-14(11)13(17)18-8-10-4-2-1-3-5-10/h1-5,11H,6-9H2,(H,15,16). The molecule has 1 unspecified atom stereocenters. The number of nitrogens with zero attached hydrogens (tertiary/aromatic N) is 1. The maximum atomic E-state index is 11.9. The molecule has 1 saturated heterocycles. The Hall–Kier alpha value is -1.69. The van der Waals surface area contributed by atoms with Crippen molar-refractivity contribution in [3.8, 4) is 0 Å². The minimum atomic E-state index is -0.975. The Kier molecular flexibility index (Phi) is 4.68. The number of ether oxygens (including phenoxy) is 1. The molecule has 1 heterocycles. The molecule has 0 spiro atoms. The van der Waals surface area contributed by atoms with Gasteiger partial charge in [0.25, 0.3) is 0 Å². The normalized spacial score (nSPS) is 18.9. The summed E-state index contributed by atoms with van der Waals surface area (Å²) in [5.74, 6) is 0.140. The second kappa shape index (κ2) is 6.47. The van der Waals surface area contributed by atoms with E-state index in [1.54, 1.807) is 0 Å². The van der Waals surface area contributed by atoms with Crippen molar-refractivity contribution in [3.05, 3.63) is 35.9 Å². The van der Waals surface area contributed by atoms with Gasteiger partial charge in [-0.15, -0.1) is 11.8 Å². The Morgan fingerprint density at radius 3 is 2.79 bits per heavy atom. The summed E-state index contributed by atoms with van der Waals surface area (Å²) in [6.07, 6.45) is -0.107. The lowest BCUT2D eigenvalue weighted by molar-refractivity contribution is -0.142. The van der Waals surface area contributed by atoms with Crippen molar-refractivity contribution in [3.63, 3.8) is 0 Å². The molecule has 1 aromatic carbocycles. The number of carbonyl (C=O) groups excluding carboxylic acids is 1. The van der Waals surface area contributed by atoms with Gasteiger partial charge in [-0.3, -0.25) is 4.90 Å². The number of hydrogen-bond acceptors (Lipinski definition) is 4. The first kappa shape index (κ1) is 13.7. The minimum absolute atomic E-state index is 0.160.